The third-order valence-corrected chi connectivity index (χ3v) is 4.53. The molecule has 2 aromatic rings. The molecule has 6 heteroatoms. The zero-order valence-corrected chi connectivity index (χ0v) is 12.0. The molecule has 1 aromatic carbocycles. The number of rotatable bonds is 4. The average Bonchev–Trinajstić information content (AvgIpc) is 2.42. The molecule has 4 nitrogen and oxygen atoms in total. The van der Waals surface area contributed by atoms with Crippen molar-refractivity contribution in [3.8, 4) is 0 Å². The highest BCUT2D eigenvalue weighted by atomic mass is 32.2. The highest BCUT2D eigenvalue weighted by Gasteiger charge is 2.19. The molecular formula is C14H15FN2O2S. The van der Waals surface area contributed by atoms with Crippen molar-refractivity contribution in [3.05, 3.63) is 59.7 Å². The third kappa shape index (κ3) is 3.20. The van der Waals surface area contributed by atoms with Gasteiger partial charge in [0, 0.05) is 18.4 Å². The molecule has 0 aliphatic heterocycles. The molecule has 1 N–H and O–H groups in total. The summed E-state index contributed by atoms with van der Waals surface area (Å²) in [6.45, 7) is 3.30. The van der Waals surface area contributed by atoms with Crippen LogP contribution in [0.4, 0.5) is 4.39 Å². The molecule has 0 saturated heterocycles. The van der Waals surface area contributed by atoms with Gasteiger partial charge in [-0.15, -0.1) is 0 Å². The molecule has 0 saturated carbocycles. The largest absolute Gasteiger partial charge is 0.265 e. The maximum atomic E-state index is 13.5. The van der Waals surface area contributed by atoms with Gasteiger partial charge in [0.2, 0.25) is 10.0 Å². The fourth-order valence-corrected chi connectivity index (χ4v) is 3.01. The van der Waals surface area contributed by atoms with Crippen LogP contribution in [0.2, 0.25) is 0 Å². The lowest BCUT2D eigenvalue weighted by atomic mass is 10.1. The number of aryl methyl sites for hydroxylation is 1. The minimum absolute atomic E-state index is 0.0819. The van der Waals surface area contributed by atoms with Gasteiger partial charge in [0.25, 0.3) is 0 Å². The summed E-state index contributed by atoms with van der Waals surface area (Å²) >= 11 is 0. The first kappa shape index (κ1) is 14.6. The summed E-state index contributed by atoms with van der Waals surface area (Å²) in [5, 5.41) is 0. The summed E-state index contributed by atoms with van der Waals surface area (Å²) in [5.41, 5.74) is 1.20. The first-order chi connectivity index (χ1) is 9.40. The lowest BCUT2D eigenvalue weighted by molar-refractivity contribution is 0.563. The van der Waals surface area contributed by atoms with Crippen molar-refractivity contribution < 1.29 is 12.8 Å². The smallest absolute Gasteiger partial charge is 0.241 e. The highest BCUT2D eigenvalue weighted by Crippen LogP contribution is 2.18. The first-order valence-corrected chi connectivity index (χ1v) is 7.57. The van der Waals surface area contributed by atoms with Gasteiger partial charge >= 0.3 is 0 Å². The van der Waals surface area contributed by atoms with Crippen molar-refractivity contribution in [2.24, 2.45) is 0 Å². The number of aromatic nitrogens is 1. The molecule has 0 bridgehead atoms. The van der Waals surface area contributed by atoms with Crippen LogP contribution in [-0.2, 0) is 10.0 Å². The molecule has 106 valence electrons. The standard InChI is InChI=1S/C14H15FN2O2S/c1-10-3-4-13(9-14(10)15)20(18,19)17-11(2)12-5-7-16-8-6-12/h3-9,11,17H,1-2H3. The Bertz CT molecular complexity index is 702. The zero-order valence-electron chi connectivity index (χ0n) is 11.2. The average molecular weight is 294 g/mol. The second-order valence-corrected chi connectivity index (χ2v) is 6.25. The van der Waals surface area contributed by atoms with Crippen LogP contribution in [0.25, 0.3) is 0 Å². The van der Waals surface area contributed by atoms with E-state index in [0.717, 1.165) is 11.6 Å². The van der Waals surface area contributed by atoms with E-state index in [-0.39, 0.29) is 4.90 Å². The van der Waals surface area contributed by atoms with Crippen LogP contribution < -0.4 is 4.72 Å². The maximum absolute atomic E-state index is 13.5. The lowest BCUT2D eigenvalue weighted by Gasteiger charge is -2.14. The van der Waals surface area contributed by atoms with E-state index >= 15 is 0 Å². The van der Waals surface area contributed by atoms with Crippen LogP contribution in [0.1, 0.15) is 24.1 Å². The topological polar surface area (TPSA) is 59.1 Å². The maximum Gasteiger partial charge on any atom is 0.241 e. The number of hydrogen-bond donors (Lipinski definition) is 1. The fourth-order valence-electron chi connectivity index (χ4n) is 1.76. The molecule has 1 heterocycles. The number of hydrogen-bond acceptors (Lipinski definition) is 3. The van der Waals surface area contributed by atoms with Gasteiger partial charge in [0.1, 0.15) is 5.82 Å². The Labute approximate surface area is 117 Å². The van der Waals surface area contributed by atoms with Gasteiger partial charge in [-0.2, -0.15) is 0 Å². The van der Waals surface area contributed by atoms with E-state index in [1.165, 1.54) is 12.1 Å². The normalized spacial score (nSPS) is 13.2. The van der Waals surface area contributed by atoms with Gasteiger partial charge in [-0.25, -0.2) is 17.5 Å². The molecule has 1 atom stereocenters. The summed E-state index contributed by atoms with van der Waals surface area (Å²) < 4.78 is 40.4. The summed E-state index contributed by atoms with van der Waals surface area (Å²) in [4.78, 5) is 3.79. The molecule has 0 amide bonds. The van der Waals surface area contributed by atoms with Gasteiger partial charge in [-0.05, 0) is 49.2 Å². The Hall–Kier alpha value is -1.79. The van der Waals surface area contributed by atoms with E-state index in [1.807, 2.05) is 0 Å². The molecule has 0 aliphatic rings. The Morgan fingerprint density at radius 2 is 1.85 bits per heavy atom. The number of halogens is 1. The van der Waals surface area contributed by atoms with E-state index in [0.29, 0.717) is 5.56 Å². The minimum atomic E-state index is -3.76. The Morgan fingerprint density at radius 1 is 1.20 bits per heavy atom. The predicted octanol–water partition coefficient (Wildman–Crippen LogP) is 2.57. The van der Waals surface area contributed by atoms with Gasteiger partial charge < -0.3 is 0 Å². The number of sulfonamides is 1. The van der Waals surface area contributed by atoms with Crippen molar-refractivity contribution in [1.29, 1.82) is 0 Å². The van der Waals surface area contributed by atoms with Crippen LogP contribution >= 0.6 is 0 Å². The van der Waals surface area contributed by atoms with Crippen molar-refractivity contribution in [3.63, 3.8) is 0 Å². The summed E-state index contributed by atoms with van der Waals surface area (Å²) in [6.07, 6.45) is 3.18. The van der Waals surface area contributed by atoms with Gasteiger partial charge in [-0.1, -0.05) is 6.07 Å². The molecule has 0 radical (unpaired) electrons. The van der Waals surface area contributed by atoms with Gasteiger partial charge in [0.05, 0.1) is 4.90 Å². The molecule has 0 fully saturated rings. The second kappa shape index (κ2) is 5.68. The first-order valence-electron chi connectivity index (χ1n) is 6.08. The van der Waals surface area contributed by atoms with Gasteiger partial charge in [-0.3, -0.25) is 4.98 Å². The van der Waals surface area contributed by atoms with E-state index in [2.05, 4.69) is 9.71 Å². The van der Waals surface area contributed by atoms with Crippen molar-refractivity contribution >= 4 is 10.0 Å². The second-order valence-electron chi connectivity index (χ2n) is 4.53. The number of pyridine rings is 1. The quantitative estimate of drug-likeness (QED) is 0.943. The number of nitrogens with one attached hydrogen (secondary N) is 1. The molecule has 1 aromatic heterocycles. The van der Waals surface area contributed by atoms with E-state index in [1.54, 1.807) is 38.4 Å². The SMILES string of the molecule is Cc1ccc(S(=O)(=O)NC(C)c2ccncc2)cc1F. The Kier molecular flexibility index (Phi) is 4.15. The monoisotopic (exact) mass is 294 g/mol. The van der Waals surface area contributed by atoms with Crippen LogP contribution in [0.5, 0.6) is 0 Å². The Balaban J connectivity index is 2.25. The van der Waals surface area contributed by atoms with Crippen molar-refractivity contribution in [2.75, 3.05) is 0 Å². The minimum Gasteiger partial charge on any atom is -0.265 e. The van der Waals surface area contributed by atoms with Crippen molar-refractivity contribution in [1.82, 2.24) is 9.71 Å². The molecular weight excluding hydrogens is 279 g/mol. The van der Waals surface area contributed by atoms with E-state index in [9.17, 15) is 12.8 Å². The number of nitrogens with zero attached hydrogens (tertiary/aromatic N) is 1. The highest BCUT2D eigenvalue weighted by molar-refractivity contribution is 7.89. The van der Waals surface area contributed by atoms with E-state index < -0.39 is 21.9 Å². The number of benzene rings is 1. The summed E-state index contributed by atoms with van der Waals surface area (Å²) in [7, 11) is -3.76. The molecule has 20 heavy (non-hydrogen) atoms. The summed E-state index contributed by atoms with van der Waals surface area (Å²) in [5.74, 6) is -0.538. The lowest BCUT2D eigenvalue weighted by Crippen LogP contribution is -2.27. The van der Waals surface area contributed by atoms with Crippen LogP contribution in [0.3, 0.4) is 0 Å². The Morgan fingerprint density at radius 3 is 2.45 bits per heavy atom. The molecule has 1 unspecified atom stereocenters. The van der Waals surface area contributed by atoms with Crippen LogP contribution in [0, 0.1) is 12.7 Å². The third-order valence-electron chi connectivity index (χ3n) is 2.99. The van der Waals surface area contributed by atoms with Crippen LogP contribution in [-0.4, -0.2) is 13.4 Å². The van der Waals surface area contributed by atoms with Crippen LogP contribution in [0.15, 0.2) is 47.6 Å². The molecule has 2 rings (SSSR count). The zero-order chi connectivity index (χ0) is 14.8. The predicted molar refractivity (Wildman–Crippen MR) is 74.1 cm³/mol. The van der Waals surface area contributed by atoms with Crippen molar-refractivity contribution in [2.45, 2.75) is 24.8 Å². The van der Waals surface area contributed by atoms with E-state index in [4.69, 9.17) is 0 Å². The summed E-state index contributed by atoms with van der Waals surface area (Å²) in [6, 6.07) is 6.89. The molecule has 0 spiro atoms. The molecule has 0 aliphatic carbocycles. The van der Waals surface area contributed by atoms with Gasteiger partial charge in [0.15, 0.2) is 0 Å². The fraction of sp³-hybridized carbons (Fsp3) is 0.214.